The van der Waals surface area contributed by atoms with E-state index >= 15 is 0 Å². The van der Waals surface area contributed by atoms with Crippen molar-refractivity contribution in [3.05, 3.63) is 39.0 Å². The third-order valence-electron chi connectivity index (χ3n) is 2.53. The summed E-state index contributed by atoms with van der Waals surface area (Å²) >= 11 is 1.08. The predicted molar refractivity (Wildman–Crippen MR) is 77.7 cm³/mol. The molecule has 2 aromatic heterocycles. The Bertz CT molecular complexity index is 749. The molecule has 0 saturated carbocycles. The number of nitrogens with one attached hydrogen (secondary N) is 2. The molecule has 2 amide bonds. The van der Waals surface area contributed by atoms with Crippen molar-refractivity contribution in [3.63, 3.8) is 0 Å². The van der Waals surface area contributed by atoms with Crippen molar-refractivity contribution in [1.82, 2.24) is 19.9 Å². The van der Waals surface area contributed by atoms with Gasteiger partial charge in [-0.3, -0.25) is 19.7 Å². The molecule has 0 aliphatic carbocycles. The van der Waals surface area contributed by atoms with Crippen molar-refractivity contribution < 1.29 is 9.59 Å². The number of H-pyrrole nitrogens is 1. The van der Waals surface area contributed by atoms with Gasteiger partial charge in [-0.1, -0.05) is 11.3 Å². The number of hydrogen-bond acceptors (Lipinski definition) is 6. The van der Waals surface area contributed by atoms with Crippen LogP contribution >= 0.6 is 11.3 Å². The first kappa shape index (κ1) is 14.9. The summed E-state index contributed by atoms with van der Waals surface area (Å²) in [4.78, 5) is 47.1. The Morgan fingerprint density at radius 2 is 2.10 bits per heavy atom. The highest BCUT2D eigenvalue weighted by atomic mass is 32.1. The molecule has 9 heteroatoms. The van der Waals surface area contributed by atoms with Gasteiger partial charge in [-0.05, 0) is 6.92 Å². The fourth-order valence-corrected chi connectivity index (χ4v) is 2.49. The Balaban J connectivity index is 2.21. The van der Waals surface area contributed by atoms with Gasteiger partial charge in [0.1, 0.15) is 10.6 Å². The van der Waals surface area contributed by atoms with Gasteiger partial charge in [-0.15, -0.1) is 0 Å². The molecular formula is C12H13N5O3S. The Labute approximate surface area is 123 Å². The quantitative estimate of drug-likeness (QED) is 0.858. The maximum absolute atomic E-state index is 11.9. The van der Waals surface area contributed by atoms with Gasteiger partial charge in [0.05, 0.1) is 12.0 Å². The van der Waals surface area contributed by atoms with Crippen LogP contribution in [-0.2, 0) is 0 Å². The average molecular weight is 307 g/mol. The minimum absolute atomic E-state index is 0.0212. The fraction of sp³-hybridized carbons (Fsp3) is 0.250. The van der Waals surface area contributed by atoms with Gasteiger partial charge in [0.2, 0.25) is 0 Å². The third-order valence-corrected chi connectivity index (χ3v) is 3.59. The van der Waals surface area contributed by atoms with E-state index in [1.807, 2.05) is 0 Å². The van der Waals surface area contributed by atoms with Crippen LogP contribution in [0.3, 0.4) is 0 Å². The maximum Gasteiger partial charge on any atom is 0.276 e. The monoisotopic (exact) mass is 307 g/mol. The molecule has 2 N–H and O–H groups in total. The lowest BCUT2D eigenvalue weighted by Gasteiger charge is -2.07. The van der Waals surface area contributed by atoms with Gasteiger partial charge in [0.25, 0.3) is 17.4 Å². The lowest BCUT2D eigenvalue weighted by molar-refractivity contribution is 0.0831. The molecule has 0 aliphatic rings. The number of aryl methyl sites for hydroxylation is 1. The number of aromatic nitrogens is 3. The molecule has 0 bridgehead atoms. The van der Waals surface area contributed by atoms with Gasteiger partial charge in [0.15, 0.2) is 5.13 Å². The lowest BCUT2D eigenvalue weighted by Crippen LogP contribution is -2.21. The molecule has 2 heterocycles. The molecule has 2 aromatic rings. The SMILES string of the molecule is Cc1nc(NC(=O)c2cc(=O)[nH]cn2)sc1C(=O)N(C)C. The molecule has 0 atom stereocenters. The summed E-state index contributed by atoms with van der Waals surface area (Å²) in [5, 5.41) is 2.81. The summed E-state index contributed by atoms with van der Waals surface area (Å²) in [5.41, 5.74) is 0.0916. The van der Waals surface area contributed by atoms with E-state index in [-0.39, 0.29) is 16.7 Å². The number of amides is 2. The van der Waals surface area contributed by atoms with Crippen LogP contribution in [0.15, 0.2) is 17.2 Å². The maximum atomic E-state index is 11.9. The van der Waals surface area contributed by atoms with Gasteiger partial charge >= 0.3 is 0 Å². The van der Waals surface area contributed by atoms with Crippen LogP contribution in [0, 0.1) is 6.92 Å². The molecule has 0 radical (unpaired) electrons. The molecule has 0 fully saturated rings. The first-order valence-electron chi connectivity index (χ1n) is 5.93. The number of aromatic amines is 1. The van der Waals surface area contributed by atoms with E-state index in [0.717, 1.165) is 23.7 Å². The van der Waals surface area contributed by atoms with Crippen molar-refractivity contribution in [2.75, 3.05) is 19.4 Å². The van der Waals surface area contributed by atoms with Gasteiger partial charge in [-0.2, -0.15) is 0 Å². The van der Waals surface area contributed by atoms with E-state index in [4.69, 9.17) is 0 Å². The van der Waals surface area contributed by atoms with E-state index in [1.54, 1.807) is 21.0 Å². The van der Waals surface area contributed by atoms with Crippen LogP contribution in [0.1, 0.15) is 25.9 Å². The summed E-state index contributed by atoms with van der Waals surface area (Å²) in [6.07, 6.45) is 1.14. The van der Waals surface area contributed by atoms with E-state index < -0.39 is 11.5 Å². The van der Waals surface area contributed by atoms with Crippen LogP contribution in [0.4, 0.5) is 5.13 Å². The van der Waals surface area contributed by atoms with Crippen LogP contribution in [0.2, 0.25) is 0 Å². The van der Waals surface area contributed by atoms with Gasteiger partial charge in [0, 0.05) is 20.2 Å². The number of rotatable bonds is 3. The molecule has 110 valence electrons. The molecular weight excluding hydrogens is 294 g/mol. The zero-order valence-electron chi connectivity index (χ0n) is 11.6. The van der Waals surface area contributed by atoms with E-state index in [1.165, 1.54) is 4.90 Å². The van der Waals surface area contributed by atoms with Crippen LogP contribution in [0.5, 0.6) is 0 Å². The molecule has 2 rings (SSSR count). The summed E-state index contributed by atoms with van der Waals surface area (Å²) in [7, 11) is 3.28. The molecule has 0 aliphatic heterocycles. The number of carbonyl (C=O) groups excluding carboxylic acids is 2. The summed E-state index contributed by atoms with van der Waals surface area (Å²) in [6.45, 7) is 1.69. The highest BCUT2D eigenvalue weighted by molar-refractivity contribution is 7.17. The average Bonchev–Trinajstić information content (AvgIpc) is 2.78. The minimum atomic E-state index is -0.557. The zero-order valence-corrected chi connectivity index (χ0v) is 12.4. The smallest absolute Gasteiger partial charge is 0.276 e. The first-order chi connectivity index (χ1) is 9.88. The van der Waals surface area contributed by atoms with Crippen molar-refractivity contribution in [1.29, 1.82) is 0 Å². The van der Waals surface area contributed by atoms with E-state index in [9.17, 15) is 14.4 Å². The highest BCUT2D eigenvalue weighted by Gasteiger charge is 2.18. The summed E-state index contributed by atoms with van der Waals surface area (Å²) in [6, 6.07) is 1.09. The van der Waals surface area contributed by atoms with Crippen molar-refractivity contribution in [2.24, 2.45) is 0 Å². The molecule has 0 saturated heterocycles. The Morgan fingerprint density at radius 1 is 1.38 bits per heavy atom. The molecule has 0 unspecified atom stereocenters. The standard InChI is InChI=1S/C12H13N5O3S/c1-6-9(11(20)17(2)3)21-12(15-6)16-10(19)7-4-8(18)14-5-13-7/h4-5H,1-3H3,(H,13,14,18)(H,15,16,19). The number of anilines is 1. The second-order valence-electron chi connectivity index (χ2n) is 4.38. The number of carbonyl (C=O) groups is 2. The largest absolute Gasteiger partial charge is 0.344 e. The molecule has 0 aromatic carbocycles. The predicted octanol–water partition coefficient (Wildman–Crippen LogP) is 0.489. The van der Waals surface area contributed by atoms with Crippen molar-refractivity contribution in [3.8, 4) is 0 Å². The number of nitrogens with zero attached hydrogens (tertiary/aromatic N) is 3. The fourth-order valence-electron chi connectivity index (χ4n) is 1.51. The zero-order chi connectivity index (χ0) is 15.6. The van der Waals surface area contributed by atoms with Crippen LogP contribution in [0.25, 0.3) is 0 Å². The van der Waals surface area contributed by atoms with Gasteiger partial charge < -0.3 is 9.88 Å². The highest BCUT2D eigenvalue weighted by Crippen LogP contribution is 2.23. The minimum Gasteiger partial charge on any atom is -0.344 e. The lowest BCUT2D eigenvalue weighted by atomic mass is 10.3. The normalized spacial score (nSPS) is 10.2. The van der Waals surface area contributed by atoms with E-state index in [0.29, 0.717) is 10.6 Å². The molecule has 0 spiro atoms. The number of thiazole rings is 1. The molecule has 21 heavy (non-hydrogen) atoms. The van der Waals surface area contributed by atoms with Crippen molar-refractivity contribution in [2.45, 2.75) is 6.92 Å². The van der Waals surface area contributed by atoms with Crippen molar-refractivity contribution >= 4 is 28.3 Å². The second-order valence-corrected chi connectivity index (χ2v) is 5.38. The van der Waals surface area contributed by atoms with E-state index in [2.05, 4.69) is 20.3 Å². The Hall–Kier alpha value is -2.55. The summed E-state index contributed by atoms with van der Waals surface area (Å²) in [5.74, 6) is -0.738. The second kappa shape index (κ2) is 5.83. The molecule has 8 nitrogen and oxygen atoms in total. The van der Waals surface area contributed by atoms with Crippen LogP contribution < -0.4 is 10.9 Å². The summed E-state index contributed by atoms with van der Waals surface area (Å²) < 4.78 is 0. The Morgan fingerprint density at radius 3 is 2.71 bits per heavy atom. The first-order valence-corrected chi connectivity index (χ1v) is 6.75. The van der Waals surface area contributed by atoms with Crippen LogP contribution in [-0.4, -0.2) is 45.8 Å². The number of hydrogen-bond donors (Lipinski definition) is 2. The topological polar surface area (TPSA) is 108 Å². The van der Waals surface area contributed by atoms with Gasteiger partial charge in [-0.25, -0.2) is 9.97 Å². The Kier molecular flexibility index (Phi) is 4.13. The third kappa shape index (κ3) is 3.31.